The number of rotatable bonds is 6. The predicted molar refractivity (Wildman–Crippen MR) is 89.1 cm³/mol. The molecule has 0 saturated heterocycles. The number of aliphatic hydroxyl groups is 1. The van der Waals surface area contributed by atoms with Gasteiger partial charge in [0.1, 0.15) is 6.61 Å². The molecule has 0 aliphatic carbocycles. The standard InChI is InChI=1S/C15H14N6O3S/c1-9-2-3-10(4-16-9)13(23)19-14-20-21-15(25-14)24-8-12-6-17-11(7-22)5-18-12/h2-6,22H,7-8H2,1H3,(H,19,20,23). The third-order valence-electron chi connectivity index (χ3n) is 3.06. The van der Waals surface area contributed by atoms with Gasteiger partial charge in [-0.1, -0.05) is 5.10 Å². The average molecular weight is 358 g/mol. The molecule has 10 heteroatoms. The molecule has 0 aliphatic rings. The quantitative estimate of drug-likeness (QED) is 0.677. The minimum Gasteiger partial charge on any atom is -0.462 e. The first kappa shape index (κ1) is 16.9. The number of anilines is 1. The van der Waals surface area contributed by atoms with Gasteiger partial charge in [-0.05, 0) is 30.4 Å². The first-order valence-corrected chi connectivity index (χ1v) is 8.06. The number of aliphatic hydroxyl groups excluding tert-OH is 1. The van der Waals surface area contributed by atoms with E-state index >= 15 is 0 Å². The summed E-state index contributed by atoms with van der Waals surface area (Å²) in [6.07, 6.45) is 4.48. The lowest BCUT2D eigenvalue weighted by molar-refractivity contribution is 0.102. The van der Waals surface area contributed by atoms with E-state index in [0.29, 0.717) is 27.3 Å². The first-order valence-electron chi connectivity index (χ1n) is 7.25. The van der Waals surface area contributed by atoms with Crippen LogP contribution in [0.25, 0.3) is 0 Å². The topological polar surface area (TPSA) is 123 Å². The molecule has 0 unspecified atom stereocenters. The Bertz CT molecular complexity index is 850. The van der Waals surface area contributed by atoms with Crippen LogP contribution < -0.4 is 10.1 Å². The van der Waals surface area contributed by atoms with Crippen LogP contribution in [-0.2, 0) is 13.2 Å². The number of hydrogen-bond donors (Lipinski definition) is 2. The summed E-state index contributed by atoms with van der Waals surface area (Å²) in [6.45, 7) is 1.84. The van der Waals surface area contributed by atoms with E-state index in [-0.39, 0.29) is 19.1 Å². The molecule has 0 bridgehead atoms. The van der Waals surface area contributed by atoms with Crippen molar-refractivity contribution in [3.63, 3.8) is 0 Å². The lowest BCUT2D eigenvalue weighted by Gasteiger charge is -2.02. The van der Waals surface area contributed by atoms with Crippen LogP contribution in [0.5, 0.6) is 5.19 Å². The Morgan fingerprint density at radius 1 is 1.16 bits per heavy atom. The maximum absolute atomic E-state index is 12.1. The van der Waals surface area contributed by atoms with Gasteiger partial charge in [-0.15, -0.1) is 5.10 Å². The molecule has 2 N–H and O–H groups in total. The minimum atomic E-state index is -0.319. The molecular weight excluding hydrogens is 344 g/mol. The molecule has 3 rings (SSSR count). The number of pyridine rings is 1. The molecular formula is C15H14N6O3S. The number of carbonyl (C=O) groups excluding carboxylic acids is 1. The molecule has 0 saturated carbocycles. The van der Waals surface area contributed by atoms with E-state index in [9.17, 15) is 4.79 Å². The number of hydrogen-bond acceptors (Lipinski definition) is 9. The Hall–Kier alpha value is -2.98. The molecule has 0 radical (unpaired) electrons. The monoisotopic (exact) mass is 358 g/mol. The zero-order valence-corrected chi connectivity index (χ0v) is 14.0. The number of aryl methyl sites for hydroxylation is 1. The van der Waals surface area contributed by atoms with Crippen molar-refractivity contribution >= 4 is 22.4 Å². The SMILES string of the molecule is Cc1ccc(C(=O)Nc2nnc(OCc3cnc(CO)cn3)s2)cn1. The number of aromatic nitrogens is 5. The smallest absolute Gasteiger partial charge is 0.296 e. The average Bonchev–Trinajstić information content (AvgIpc) is 3.08. The van der Waals surface area contributed by atoms with E-state index in [0.717, 1.165) is 17.0 Å². The van der Waals surface area contributed by atoms with Gasteiger partial charge in [0.25, 0.3) is 11.1 Å². The Balaban J connectivity index is 1.56. The molecule has 128 valence electrons. The summed E-state index contributed by atoms with van der Waals surface area (Å²) < 4.78 is 5.47. The second kappa shape index (κ2) is 7.73. The van der Waals surface area contributed by atoms with Crippen LogP contribution in [0, 0.1) is 6.92 Å². The Morgan fingerprint density at radius 3 is 2.64 bits per heavy atom. The van der Waals surface area contributed by atoms with E-state index in [4.69, 9.17) is 9.84 Å². The predicted octanol–water partition coefficient (Wildman–Crippen LogP) is 1.36. The molecule has 0 aliphatic heterocycles. The van der Waals surface area contributed by atoms with Crippen molar-refractivity contribution < 1.29 is 14.6 Å². The van der Waals surface area contributed by atoms with Crippen molar-refractivity contribution in [1.82, 2.24) is 25.1 Å². The number of carbonyl (C=O) groups is 1. The van der Waals surface area contributed by atoms with Gasteiger partial charge in [-0.25, -0.2) is 0 Å². The molecule has 1 amide bonds. The minimum absolute atomic E-state index is 0.156. The molecule has 3 aromatic rings. The van der Waals surface area contributed by atoms with Crippen molar-refractivity contribution in [2.75, 3.05) is 5.32 Å². The third-order valence-corrected chi connectivity index (χ3v) is 3.82. The molecule has 0 spiro atoms. The van der Waals surface area contributed by atoms with Gasteiger partial charge in [0.15, 0.2) is 0 Å². The number of nitrogens with zero attached hydrogens (tertiary/aromatic N) is 5. The van der Waals surface area contributed by atoms with Crippen molar-refractivity contribution in [1.29, 1.82) is 0 Å². The summed E-state index contributed by atoms with van der Waals surface area (Å²) >= 11 is 1.10. The first-order chi connectivity index (χ1) is 12.1. The third kappa shape index (κ3) is 4.52. The van der Waals surface area contributed by atoms with Crippen molar-refractivity contribution in [2.45, 2.75) is 20.1 Å². The zero-order valence-electron chi connectivity index (χ0n) is 13.2. The fourth-order valence-electron chi connectivity index (χ4n) is 1.76. The Labute approximate surface area is 146 Å². The van der Waals surface area contributed by atoms with Gasteiger partial charge in [0, 0.05) is 11.9 Å². The Kier molecular flexibility index (Phi) is 5.21. The molecule has 3 heterocycles. The molecule has 9 nitrogen and oxygen atoms in total. The lowest BCUT2D eigenvalue weighted by atomic mass is 10.2. The highest BCUT2D eigenvalue weighted by molar-refractivity contribution is 7.17. The normalized spacial score (nSPS) is 10.5. The van der Waals surface area contributed by atoms with Gasteiger partial charge in [0.05, 0.1) is 36.0 Å². The van der Waals surface area contributed by atoms with Gasteiger partial charge < -0.3 is 9.84 Å². The van der Waals surface area contributed by atoms with E-state index in [1.165, 1.54) is 18.6 Å². The maximum atomic E-state index is 12.1. The van der Waals surface area contributed by atoms with Crippen molar-refractivity contribution in [3.05, 3.63) is 53.4 Å². The van der Waals surface area contributed by atoms with Crippen LogP contribution in [0.3, 0.4) is 0 Å². The summed E-state index contributed by atoms with van der Waals surface area (Å²) in [6, 6.07) is 3.44. The lowest BCUT2D eigenvalue weighted by Crippen LogP contribution is -2.12. The van der Waals surface area contributed by atoms with Gasteiger partial charge in [-0.3, -0.25) is 25.1 Å². The highest BCUT2D eigenvalue weighted by atomic mass is 32.1. The van der Waals surface area contributed by atoms with E-state index in [2.05, 4.69) is 30.5 Å². The molecule has 0 fully saturated rings. The number of ether oxygens (including phenoxy) is 1. The highest BCUT2D eigenvalue weighted by Crippen LogP contribution is 2.23. The van der Waals surface area contributed by atoms with E-state index in [1.807, 2.05) is 6.92 Å². The van der Waals surface area contributed by atoms with Crippen molar-refractivity contribution in [2.24, 2.45) is 0 Å². The summed E-state index contributed by atoms with van der Waals surface area (Å²) in [4.78, 5) is 24.3. The highest BCUT2D eigenvalue weighted by Gasteiger charge is 2.11. The number of nitrogens with one attached hydrogen (secondary N) is 1. The summed E-state index contributed by atoms with van der Waals surface area (Å²) in [5, 5.41) is 19.9. The van der Waals surface area contributed by atoms with Crippen molar-refractivity contribution in [3.8, 4) is 5.19 Å². The van der Waals surface area contributed by atoms with E-state index < -0.39 is 0 Å². The van der Waals surface area contributed by atoms with E-state index in [1.54, 1.807) is 12.1 Å². The van der Waals surface area contributed by atoms with Crippen LogP contribution in [-0.4, -0.2) is 36.2 Å². The van der Waals surface area contributed by atoms with Crippen LogP contribution in [0.2, 0.25) is 0 Å². The second-order valence-electron chi connectivity index (χ2n) is 4.96. The largest absolute Gasteiger partial charge is 0.462 e. The maximum Gasteiger partial charge on any atom is 0.296 e. The van der Waals surface area contributed by atoms with Crippen LogP contribution in [0.1, 0.15) is 27.4 Å². The zero-order chi connectivity index (χ0) is 17.6. The second-order valence-corrected chi connectivity index (χ2v) is 5.90. The fourth-order valence-corrected chi connectivity index (χ4v) is 2.35. The molecule has 25 heavy (non-hydrogen) atoms. The summed E-state index contributed by atoms with van der Waals surface area (Å²) in [5.74, 6) is -0.319. The van der Waals surface area contributed by atoms with Gasteiger partial charge in [0.2, 0.25) is 5.13 Å². The summed E-state index contributed by atoms with van der Waals surface area (Å²) in [5.41, 5.74) is 2.33. The summed E-state index contributed by atoms with van der Waals surface area (Å²) in [7, 11) is 0. The van der Waals surface area contributed by atoms with Crippen LogP contribution >= 0.6 is 11.3 Å². The van der Waals surface area contributed by atoms with Crippen LogP contribution in [0.4, 0.5) is 5.13 Å². The van der Waals surface area contributed by atoms with Crippen LogP contribution in [0.15, 0.2) is 30.7 Å². The number of amides is 1. The molecule has 0 atom stereocenters. The fraction of sp³-hybridized carbons (Fsp3) is 0.200. The Morgan fingerprint density at radius 2 is 1.96 bits per heavy atom. The molecule has 0 aromatic carbocycles. The molecule has 3 aromatic heterocycles. The van der Waals surface area contributed by atoms with Gasteiger partial charge in [-0.2, -0.15) is 0 Å². The van der Waals surface area contributed by atoms with Gasteiger partial charge >= 0.3 is 0 Å².